The number of aliphatic hydroxyl groups excluding tert-OH is 1. The molecule has 2 aromatic rings. The lowest BCUT2D eigenvalue weighted by molar-refractivity contribution is -0.151. The largest absolute Gasteiger partial charge is 0.394 e. The van der Waals surface area contributed by atoms with E-state index < -0.39 is 44.3 Å². The number of piperidine rings is 1. The molecular weight excluding hydrogens is 496 g/mol. The maximum absolute atomic E-state index is 14.6. The number of carbonyl (C=O) groups is 2. The lowest BCUT2D eigenvalue weighted by atomic mass is 9.77. The molecule has 2 atom stereocenters. The van der Waals surface area contributed by atoms with E-state index in [1.54, 1.807) is 34.1 Å². The number of aldehydes is 1. The van der Waals surface area contributed by atoms with Gasteiger partial charge in [0.1, 0.15) is 11.4 Å². The molecule has 0 bridgehead atoms. The van der Waals surface area contributed by atoms with Gasteiger partial charge in [-0.2, -0.15) is 0 Å². The highest BCUT2D eigenvalue weighted by Crippen LogP contribution is 2.42. The second-order valence-corrected chi connectivity index (χ2v) is 11.3. The standard InChI is InChI=1S/C25H34N6O5S/c26-22(27)20-18-9-3-2-8-17(18)14-19(21(20)37(29,35)36)24(15-32,30-10-6-7-11-30)23(34)25(28,16-33)31-12-4-1-5-13-31/h2-3,8-9,14,16,32H,1,4-7,10-13,15,28H2,(H3,26,27)(H2,29,35,36). The molecule has 0 saturated carbocycles. The molecule has 2 fully saturated rings. The summed E-state index contributed by atoms with van der Waals surface area (Å²) in [5.41, 5.74) is 8.03. The number of aliphatic hydroxyl groups is 1. The second-order valence-electron chi connectivity index (χ2n) is 9.84. The van der Waals surface area contributed by atoms with Crippen molar-refractivity contribution in [2.75, 3.05) is 32.8 Å². The molecule has 2 aliphatic heterocycles. The number of nitrogens with two attached hydrogens (primary N) is 3. The highest BCUT2D eigenvalue weighted by Gasteiger charge is 2.57. The smallest absolute Gasteiger partial charge is 0.239 e. The van der Waals surface area contributed by atoms with Crippen LogP contribution in [0.3, 0.4) is 0 Å². The second kappa shape index (κ2) is 10.2. The zero-order valence-electron chi connectivity index (χ0n) is 20.7. The summed E-state index contributed by atoms with van der Waals surface area (Å²) in [5.74, 6) is -1.40. The molecule has 0 radical (unpaired) electrons. The first-order valence-electron chi connectivity index (χ1n) is 12.4. The minimum absolute atomic E-state index is 0.137. The van der Waals surface area contributed by atoms with Gasteiger partial charge in [0, 0.05) is 24.2 Å². The number of carbonyl (C=O) groups excluding carboxylic acids is 2. The quantitative estimate of drug-likeness (QED) is 0.128. The third kappa shape index (κ3) is 4.47. The van der Waals surface area contributed by atoms with Gasteiger partial charge in [-0.3, -0.25) is 24.8 Å². The predicted molar refractivity (Wildman–Crippen MR) is 139 cm³/mol. The minimum atomic E-state index is -4.59. The van der Waals surface area contributed by atoms with Gasteiger partial charge in [0.25, 0.3) is 0 Å². The molecule has 11 nitrogen and oxygen atoms in total. The van der Waals surface area contributed by atoms with Gasteiger partial charge in [-0.15, -0.1) is 0 Å². The number of fused-ring (bicyclic) bond motifs is 1. The van der Waals surface area contributed by atoms with Crippen molar-refractivity contribution in [3.63, 3.8) is 0 Å². The summed E-state index contributed by atoms with van der Waals surface area (Å²) in [5, 5.41) is 25.8. The minimum Gasteiger partial charge on any atom is -0.394 e. The Kier molecular flexibility index (Phi) is 7.52. The van der Waals surface area contributed by atoms with Crippen LogP contribution in [0.5, 0.6) is 0 Å². The van der Waals surface area contributed by atoms with E-state index in [-0.39, 0.29) is 11.1 Å². The number of hydrogen-bond donors (Lipinski definition) is 5. The van der Waals surface area contributed by atoms with Gasteiger partial charge >= 0.3 is 0 Å². The molecule has 8 N–H and O–H groups in total. The summed E-state index contributed by atoms with van der Waals surface area (Å²) in [7, 11) is -4.59. The number of likely N-dealkylation sites (tertiary alicyclic amines) is 2. The van der Waals surface area contributed by atoms with E-state index in [1.165, 1.54) is 6.07 Å². The van der Waals surface area contributed by atoms with E-state index >= 15 is 0 Å². The van der Waals surface area contributed by atoms with Crippen LogP contribution in [-0.2, 0) is 25.2 Å². The fraction of sp³-hybridized carbons (Fsp3) is 0.480. The fourth-order valence-corrected chi connectivity index (χ4v) is 6.90. The molecule has 2 saturated heterocycles. The zero-order chi connectivity index (χ0) is 27.0. The molecule has 2 aromatic carbocycles. The van der Waals surface area contributed by atoms with Gasteiger partial charge in [-0.1, -0.05) is 30.7 Å². The first kappa shape index (κ1) is 27.3. The molecular formula is C25H34N6O5S. The first-order chi connectivity index (χ1) is 17.5. The van der Waals surface area contributed by atoms with Crippen molar-refractivity contribution in [2.45, 2.75) is 48.2 Å². The van der Waals surface area contributed by atoms with Gasteiger partial charge in [-0.25, -0.2) is 13.6 Å². The maximum Gasteiger partial charge on any atom is 0.239 e. The first-order valence-corrected chi connectivity index (χ1v) is 13.9. The van der Waals surface area contributed by atoms with Crippen LogP contribution >= 0.6 is 0 Å². The van der Waals surface area contributed by atoms with E-state index in [0.717, 1.165) is 19.3 Å². The Morgan fingerprint density at radius 3 is 2.16 bits per heavy atom. The van der Waals surface area contributed by atoms with Gasteiger partial charge in [0.2, 0.25) is 15.8 Å². The Morgan fingerprint density at radius 1 is 1.05 bits per heavy atom. The average Bonchev–Trinajstić information content (AvgIpc) is 3.43. The van der Waals surface area contributed by atoms with Crippen molar-refractivity contribution >= 4 is 38.7 Å². The molecule has 12 heteroatoms. The number of nitrogens with zero attached hydrogens (tertiary/aromatic N) is 2. The van der Waals surface area contributed by atoms with Crippen molar-refractivity contribution < 1.29 is 23.1 Å². The van der Waals surface area contributed by atoms with Gasteiger partial charge in [0.15, 0.2) is 11.9 Å². The van der Waals surface area contributed by atoms with Crippen LogP contribution in [0.1, 0.15) is 43.2 Å². The lowest BCUT2D eigenvalue weighted by Crippen LogP contribution is -2.72. The molecule has 0 spiro atoms. The lowest BCUT2D eigenvalue weighted by Gasteiger charge is -2.47. The molecule has 4 rings (SSSR count). The van der Waals surface area contributed by atoms with Gasteiger partial charge in [0.05, 0.1) is 11.5 Å². The Labute approximate surface area is 216 Å². The number of ketones is 1. The Bertz CT molecular complexity index is 1340. The molecule has 2 unspecified atom stereocenters. The van der Waals surface area contributed by atoms with Crippen molar-refractivity contribution in [3.8, 4) is 0 Å². The Hall–Kier alpha value is -2.74. The number of primary sulfonamides is 1. The number of amidine groups is 1. The molecule has 0 aliphatic carbocycles. The number of nitrogen functional groups attached to an aromatic ring is 1. The summed E-state index contributed by atoms with van der Waals surface area (Å²) < 4.78 is 26.3. The third-order valence-electron chi connectivity index (χ3n) is 7.67. The van der Waals surface area contributed by atoms with E-state index in [0.29, 0.717) is 56.1 Å². The van der Waals surface area contributed by atoms with Crippen molar-refractivity contribution in [1.29, 1.82) is 5.41 Å². The molecule has 200 valence electrons. The maximum atomic E-state index is 14.6. The molecule has 0 aromatic heterocycles. The number of hydrogen-bond acceptors (Lipinski definition) is 9. The molecule has 0 amide bonds. The van der Waals surface area contributed by atoms with Crippen LogP contribution in [-0.4, -0.2) is 79.7 Å². The van der Waals surface area contributed by atoms with Gasteiger partial charge < -0.3 is 16.6 Å². The molecule has 2 aliphatic rings. The van der Waals surface area contributed by atoms with Crippen molar-refractivity contribution in [3.05, 3.63) is 41.5 Å². The number of nitrogens with one attached hydrogen (secondary N) is 1. The Morgan fingerprint density at radius 2 is 1.62 bits per heavy atom. The van der Waals surface area contributed by atoms with Crippen LogP contribution < -0.4 is 16.6 Å². The van der Waals surface area contributed by atoms with Crippen LogP contribution in [0.15, 0.2) is 35.2 Å². The number of Topliss-reactive ketones (excluding diaryl/α,β-unsaturated/α-hetero) is 1. The van der Waals surface area contributed by atoms with Crippen LogP contribution in [0.2, 0.25) is 0 Å². The van der Waals surface area contributed by atoms with Crippen LogP contribution in [0.25, 0.3) is 10.8 Å². The SMILES string of the molecule is N=C(N)c1c(S(N)(=O)=O)c(C(CO)(C(=O)C(N)(C=O)N2CCCCC2)N2CCCC2)cc2ccccc12. The summed E-state index contributed by atoms with van der Waals surface area (Å²) in [6, 6.07) is 8.16. The molecule has 37 heavy (non-hydrogen) atoms. The average molecular weight is 531 g/mol. The van der Waals surface area contributed by atoms with Gasteiger partial charge in [-0.05, 0) is 55.6 Å². The van der Waals surface area contributed by atoms with Crippen LogP contribution in [0.4, 0.5) is 0 Å². The van der Waals surface area contributed by atoms with E-state index in [1.807, 2.05) is 0 Å². The summed E-state index contributed by atoms with van der Waals surface area (Å²) >= 11 is 0. The summed E-state index contributed by atoms with van der Waals surface area (Å²) in [4.78, 5) is 29.9. The predicted octanol–water partition coefficient (Wildman–Crippen LogP) is -0.0364. The van der Waals surface area contributed by atoms with Crippen molar-refractivity contribution in [2.24, 2.45) is 16.6 Å². The van der Waals surface area contributed by atoms with E-state index in [2.05, 4.69) is 0 Å². The highest BCUT2D eigenvalue weighted by molar-refractivity contribution is 7.89. The fourth-order valence-electron chi connectivity index (χ4n) is 5.86. The monoisotopic (exact) mass is 530 g/mol. The Balaban J connectivity index is 2.12. The number of sulfonamides is 1. The number of rotatable bonds is 9. The van der Waals surface area contributed by atoms with Crippen LogP contribution in [0, 0.1) is 5.41 Å². The number of benzene rings is 2. The highest BCUT2D eigenvalue weighted by atomic mass is 32.2. The molecule has 2 heterocycles. The summed E-state index contributed by atoms with van der Waals surface area (Å²) in [6.45, 7) is 0.660. The zero-order valence-corrected chi connectivity index (χ0v) is 21.5. The summed E-state index contributed by atoms with van der Waals surface area (Å²) in [6.07, 6.45) is 4.17. The van der Waals surface area contributed by atoms with Crippen molar-refractivity contribution in [1.82, 2.24) is 9.80 Å². The third-order valence-corrected chi connectivity index (χ3v) is 8.67. The normalized spacial score (nSPS) is 20.8. The topological polar surface area (TPSA) is 197 Å². The van der Waals surface area contributed by atoms with E-state index in [9.17, 15) is 23.1 Å². The van der Waals surface area contributed by atoms with E-state index in [4.69, 9.17) is 22.0 Å².